The molecular weight excluding hydrogens is 516 g/mol. The van der Waals surface area contributed by atoms with Crippen LogP contribution >= 0.6 is 20.0 Å². The van der Waals surface area contributed by atoms with Gasteiger partial charge in [-0.05, 0) is 52.0 Å². The van der Waals surface area contributed by atoms with Crippen LogP contribution in [-0.4, -0.2) is 57.8 Å². The van der Waals surface area contributed by atoms with Gasteiger partial charge in [0.25, 0.3) is 5.56 Å². The highest BCUT2D eigenvalue weighted by Gasteiger charge is 2.47. The molecule has 1 aliphatic heterocycles. The Morgan fingerprint density at radius 3 is 2.64 bits per heavy atom. The maximum atomic E-state index is 15.0. The van der Waals surface area contributed by atoms with Crippen LogP contribution in [0.4, 0.5) is 4.39 Å². The van der Waals surface area contributed by atoms with E-state index < -0.39 is 62.6 Å². The number of aromatic nitrogens is 2. The number of aryl methyl sites for hydroxylation is 1. The van der Waals surface area contributed by atoms with Gasteiger partial charge in [0.2, 0.25) is 0 Å². The number of alkyl halides is 1. The summed E-state index contributed by atoms with van der Waals surface area (Å²) in [6, 6.07) is 7.00. The maximum absolute atomic E-state index is 15.0. The number of carbonyl (C=O) groups is 1. The number of esters is 1. The summed E-state index contributed by atoms with van der Waals surface area (Å²) < 4.78 is 51.4. The van der Waals surface area contributed by atoms with Crippen molar-refractivity contribution in [2.24, 2.45) is 0 Å². The molecule has 14 heteroatoms. The van der Waals surface area contributed by atoms with Crippen molar-refractivity contribution in [3.05, 3.63) is 57.2 Å². The monoisotopic (exact) mass is 545 g/mol. The van der Waals surface area contributed by atoms with Crippen LogP contribution in [0.1, 0.15) is 32.6 Å². The van der Waals surface area contributed by atoms with Gasteiger partial charge in [-0.15, -0.1) is 0 Å². The van der Waals surface area contributed by atoms with Gasteiger partial charge in [0, 0.05) is 11.8 Å². The average molecular weight is 546 g/mol. The fourth-order valence-electron chi connectivity index (χ4n) is 3.35. The molecule has 0 bridgehead atoms. The minimum atomic E-state index is -4.25. The molecule has 1 aromatic carbocycles. The summed E-state index contributed by atoms with van der Waals surface area (Å²) in [6.07, 6.45) is -5.32. The van der Waals surface area contributed by atoms with Gasteiger partial charge in [-0.3, -0.25) is 23.7 Å². The van der Waals surface area contributed by atoms with Gasteiger partial charge in [-0.1, -0.05) is 18.2 Å². The number of para-hydroxylation sites is 1. The number of hydrogen-bond donors (Lipinski definition) is 3. The first kappa shape index (κ1) is 28.2. The van der Waals surface area contributed by atoms with Crippen LogP contribution in [0.15, 0.2) is 41.3 Å². The molecular formula is C22H29FN3O8PS. The highest BCUT2D eigenvalue weighted by molar-refractivity contribution is 7.71. The predicted molar refractivity (Wildman–Crippen MR) is 130 cm³/mol. The molecule has 36 heavy (non-hydrogen) atoms. The lowest BCUT2D eigenvalue weighted by molar-refractivity contribution is -0.149. The van der Waals surface area contributed by atoms with Gasteiger partial charge in [-0.25, -0.2) is 8.96 Å². The molecule has 1 aromatic heterocycles. The summed E-state index contributed by atoms with van der Waals surface area (Å²) in [6.45, 7) is 5.71. The summed E-state index contributed by atoms with van der Waals surface area (Å²) in [5.41, 5.74) is -0.166. The fourth-order valence-corrected chi connectivity index (χ4v) is 5.10. The Balaban J connectivity index is 1.77. The Morgan fingerprint density at radius 2 is 2.00 bits per heavy atom. The normalized spacial score (nSPS) is 24.3. The lowest BCUT2D eigenvalue weighted by atomic mass is 10.1. The maximum Gasteiger partial charge on any atom is 0.459 e. The SMILES string of the molecule is Cc1cn([C@H]2O[C@@H](COP(=O)(N[C@@H](C)C(=O)OC(C)C)Oc3ccccc3)C(O)[C@H]2F)c(=S)[nH]c1=O. The first-order valence-corrected chi connectivity index (χ1v) is 13.1. The number of nitrogens with one attached hydrogen (secondary N) is 2. The van der Waals surface area contributed by atoms with Crippen LogP contribution in [0.25, 0.3) is 0 Å². The second-order valence-corrected chi connectivity index (χ2v) is 10.6. The van der Waals surface area contributed by atoms with E-state index in [-0.39, 0.29) is 16.1 Å². The molecule has 0 aliphatic carbocycles. The molecule has 2 heterocycles. The fraction of sp³-hybridized carbons (Fsp3) is 0.500. The second kappa shape index (κ2) is 11.8. The third kappa shape index (κ3) is 6.87. The van der Waals surface area contributed by atoms with Crippen molar-refractivity contribution in [2.75, 3.05) is 6.61 Å². The van der Waals surface area contributed by atoms with Gasteiger partial charge in [-0.2, -0.15) is 5.09 Å². The molecule has 0 spiro atoms. The predicted octanol–water partition coefficient (Wildman–Crippen LogP) is 2.94. The molecule has 0 amide bonds. The van der Waals surface area contributed by atoms with E-state index in [4.69, 9.17) is 30.7 Å². The molecule has 198 valence electrons. The average Bonchev–Trinajstić information content (AvgIpc) is 3.08. The minimum Gasteiger partial charge on any atom is -0.462 e. The Hall–Kier alpha value is -2.41. The molecule has 2 aromatic rings. The number of aliphatic hydroxyl groups is 1. The number of nitrogens with zero attached hydrogens (tertiary/aromatic N) is 1. The molecule has 1 aliphatic rings. The summed E-state index contributed by atoms with van der Waals surface area (Å²) in [5, 5.41) is 12.9. The third-order valence-electron chi connectivity index (χ3n) is 5.15. The standard InChI is InChI=1S/C22H29FN3O8PS/c1-12(2)32-21(29)14(4)25-35(30,34-15-8-6-5-7-9-15)31-11-16-18(27)17(23)20(33-16)26-10-13(3)19(28)24-22(26)36/h5-10,12,14,16-18,20,27H,11H2,1-4H3,(H,25,30)(H,24,28,36)/t14-,16-,17+,18?,20-,35?/m0/s1. The van der Waals surface area contributed by atoms with Gasteiger partial charge < -0.3 is 19.1 Å². The zero-order chi connectivity index (χ0) is 26.6. The number of ether oxygens (including phenoxy) is 2. The first-order chi connectivity index (χ1) is 16.9. The molecule has 1 saturated heterocycles. The topological polar surface area (TPSA) is 141 Å². The van der Waals surface area contributed by atoms with Crippen LogP contribution < -0.4 is 15.2 Å². The van der Waals surface area contributed by atoms with Gasteiger partial charge >= 0.3 is 13.7 Å². The zero-order valence-corrected chi connectivity index (χ0v) is 21.8. The number of carbonyl (C=O) groups excluding carboxylic acids is 1. The quantitative estimate of drug-likeness (QED) is 0.232. The second-order valence-electron chi connectivity index (χ2n) is 8.51. The van der Waals surface area contributed by atoms with E-state index in [0.29, 0.717) is 0 Å². The molecule has 0 saturated carbocycles. The molecule has 3 N–H and O–H groups in total. The molecule has 1 fully saturated rings. The van der Waals surface area contributed by atoms with Crippen molar-refractivity contribution in [3.8, 4) is 5.75 Å². The highest BCUT2D eigenvalue weighted by Crippen LogP contribution is 2.46. The lowest BCUT2D eigenvalue weighted by Gasteiger charge is -2.25. The largest absolute Gasteiger partial charge is 0.462 e. The Bertz CT molecular complexity index is 1220. The summed E-state index contributed by atoms with van der Waals surface area (Å²) in [7, 11) is -4.25. The highest BCUT2D eigenvalue weighted by atomic mass is 32.1. The van der Waals surface area contributed by atoms with E-state index >= 15 is 0 Å². The van der Waals surface area contributed by atoms with Gasteiger partial charge in [0.05, 0.1) is 12.7 Å². The molecule has 0 radical (unpaired) electrons. The van der Waals surface area contributed by atoms with E-state index in [1.54, 1.807) is 32.0 Å². The zero-order valence-electron chi connectivity index (χ0n) is 20.1. The van der Waals surface area contributed by atoms with Crippen molar-refractivity contribution in [3.63, 3.8) is 0 Å². The number of benzene rings is 1. The number of aliphatic hydroxyl groups excluding tert-OH is 1. The summed E-state index contributed by atoms with van der Waals surface area (Å²) >= 11 is 5.09. The van der Waals surface area contributed by atoms with Crippen LogP contribution in [0.3, 0.4) is 0 Å². The Morgan fingerprint density at radius 1 is 1.33 bits per heavy atom. The van der Waals surface area contributed by atoms with Crippen molar-refractivity contribution < 1.29 is 37.4 Å². The van der Waals surface area contributed by atoms with Crippen molar-refractivity contribution in [2.45, 2.75) is 64.4 Å². The van der Waals surface area contributed by atoms with Crippen molar-refractivity contribution >= 4 is 25.9 Å². The number of aromatic amines is 1. The van der Waals surface area contributed by atoms with E-state index in [1.165, 1.54) is 36.7 Å². The Labute approximate surface area is 212 Å². The number of hydrogen-bond acceptors (Lipinski definition) is 9. The third-order valence-corrected chi connectivity index (χ3v) is 7.11. The van der Waals surface area contributed by atoms with E-state index in [1.807, 2.05) is 0 Å². The summed E-state index contributed by atoms with van der Waals surface area (Å²) in [5.74, 6) is -0.503. The van der Waals surface area contributed by atoms with Crippen LogP contribution in [0.5, 0.6) is 5.75 Å². The number of rotatable bonds is 10. The van der Waals surface area contributed by atoms with Crippen LogP contribution in [-0.2, 0) is 23.4 Å². The van der Waals surface area contributed by atoms with Crippen molar-refractivity contribution in [1.29, 1.82) is 0 Å². The smallest absolute Gasteiger partial charge is 0.459 e. The molecule has 3 rings (SSSR count). The lowest BCUT2D eigenvalue weighted by Crippen LogP contribution is -2.37. The number of H-pyrrole nitrogens is 1. The van der Waals surface area contributed by atoms with Gasteiger partial charge in [0.1, 0.15) is 24.0 Å². The van der Waals surface area contributed by atoms with E-state index in [0.717, 1.165) is 0 Å². The molecule has 2 unspecified atom stereocenters. The first-order valence-electron chi connectivity index (χ1n) is 11.2. The van der Waals surface area contributed by atoms with E-state index in [2.05, 4.69) is 10.1 Å². The number of halogens is 1. The summed E-state index contributed by atoms with van der Waals surface area (Å²) in [4.78, 5) is 26.4. The van der Waals surface area contributed by atoms with Crippen LogP contribution in [0, 0.1) is 11.7 Å². The molecule has 6 atom stereocenters. The van der Waals surface area contributed by atoms with Crippen LogP contribution in [0.2, 0.25) is 0 Å². The molecule has 11 nitrogen and oxygen atoms in total. The van der Waals surface area contributed by atoms with Gasteiger partial charge in [0.15, 0.2) is 17.2 Å². The van der Waals surface area contributed by atoms with E-state index in [9.17, 15) is 23.7 Å². The Kier molecular flexibility index (Phi) is 9.20. The minimum absolute atomic E-state index is 0.0933. The van der Waals surface area contributed by atoms with Crippen molar-refractivity contribution in [1.82, 2.24) is 14.6 Å².